The highest BCUT2D eigenvalue weighted by Crippen LogP contribution is 2.23. The van der Waals surface area contributed by atoms with E-state index in [-0.39, 0.29) is 6.29 Å². The number of hydrogen-bond donors (Lipinski definition) is 1. The van der Waals surface area contributed by atoms with E-state index in [0.717, 1.165) is 13.0 Å². The first-order valence-corrected chi connectivity index (χ1v) is 5.12. The summed E-state index contributed by atoms with van der Waals surface area (Å²) >= 11 is 0. The quantitative estimate of drug-likeness (QED) is 0.725. The zero-order chi connectivity index (χ0) is 9.84. The van der Waals surface area contributed by atoms with Crippen molar-refractivity contribution in [3.8, 4) is 0 Å². The Morgan fingerprint density at radius 1 is 1.46 bits per heavy atom. The summed E-state index contributed by atoms with van der Waals surface area (Å²) in [6, 6.07) is 0. The van der Waals surface area contributed by atoms with E-state index >= 15 is 0 Å². The lowest BCUT2D eigenvalue weighted by Gasteiger charge is -2.35. The molecule has 0 aromatic rings. The van der Waals surface area contributed by atoms with E-state index in [1.807, 2.05) is 0 Å². The van der Waals surface area contributed by atoms with Crippen molar-refractivity contribution in [1.82, 2.24) is 0 Å². The van der Waals surface area contributed by atoms with Crippen molar-refractivity contribution < 1.29 is 9.47 Å². The van der Waals surface area contributed by atoms with Crippen LogP contribution in [0.4, 0.5) is 0 Å². The molecule has 1 fully saturated rings. The van der Waals surface area contributed by atoms with Gasteiger partial charge >= 0.3 is 0 Å². The van der Waals surface area contributed by atoms with Crippen molar-refractivity contribution in [1.29, 1.82) is 0 Å². The lowest BCUT2D eigenvalue weighted by molar-refractivity contribution is -0.235. The second kappa shape index (κ2) is 4.94. The van der Waals surface area contributed by atoms with Gasteiger partial charge in [0.2, 0.25) is 0 Å². The van der Waals surface area contributed by atoms with Crippen LogP contribution in [0.3, 0.4) is 0 Å². The van der Waals surface area contributed by atoms with Crippen LogP contribution in [-0.2, 0) is 9.47 Å². The van der Waals surface area contributed by atoms with Crippen LogP contribution in [0, 0.1) is 11.8 Å². The molecule has 0 aliphatic carbocycles. The number of rotatable bonds is 3. The second-order valence-corrected chi connectivity index (χ2v) is 4.12. The van der Waals surface area contributed by atoms with Crippen LogP contribution in [-0.4, -0.2) is 25.5 Å². The topological polar surface area (TPSA) is 44.5 Å². The molecule has 1 saturated heterocycles. The molecule has 0 bridgehead atoms. The predicted octanol–water partition coefficient (Wildman–Crippen LogP) is 1.37. The predicted molar refractivity (Wildman–Crippen MR) is 52.3 cm³/mol. The maximum Gasteiger partial charge on any atom is 0.162 e. The largest absolute Gasteiger partial charge is 0.352 e. The van der Waals surface area contributed by atoms with Crippen LogP contribution in [0.5, 0.6) is 0 Å². The summed E-state index contributed by atoms with van der Waals surface area (Å²) in [5, 5.41) is 0. The molecule has 2 N–H and O–H groups in total. The number of ether oxygens (including phenoxy) is 2. The zero-order valence-electron chi connectivity index (χ0n) is 8.82. The van der Waals surface area contributed by atoms with Crippen LogP contribution in [0.2, 0.25) is 0 Å². The summed E-state index contributed by atoms with van der Waals surface area (Å²) in [5.41, 5.74) is 5.69. The Kier molecular flexibility index (Phi) is 4.16. The zero-order valence-corrected chi connectivity index (χ0v) is 8.82. The summed E-state index contributed by atoms with van der Waals surface area (Å²) in [6.45, 7) is 7.83. The molecule has 3 unspecified atom stereocenters. The lowest BCUT2D eigenvalue weighted by Crippen LogP contribution is -2.41. The fraction of sp³-hybridized carbons (Fsp3) is 1.00. The summed E-state index contributed by atoms with van der Waals surface area (Å²) in [4.78, 5) is 0. The highest BCUT2D eigenvalue weighted by atomic mass is 16.7. The Morgan fingerprint density at radius 3 is 2.62 bits per heavy atom. The fourth-order valence-corrected chi connectivity index (χ4v) is 1.61. The van der Waals surface area contributed by atoms with Crippen LogP contribution < -0.4 is 5.73 Å². The Labute approximate surface area is 80.6 Å². The minimum absolute atomic E-state index is 0.0891. The van der Waals surface area contributed by atoms with Gasteiger partial charge in [-0.1, -0.05) is 13.8 Å². The minimum atomic E-state index is -0.0891. The first kappa shape index (κ1) is 11.0. The molecule has 1 heterocycles. The summed E-state index contributed by atoms with van der Waals surface area (Å²) in [7, 11) is 0. The van der Waals surface area contributed by atoms with E-state index in [9.17, 15) is 0 Å². The van der Waals surface area contributed by atoms with Crippen LogP contribution in [0.15, 0.2) is 0 Å². The first-order chi connectivity index (χ1) is 6.15. The highest BCUT2D eigenvalue weighted by Gasteiger charge is 2.29. The van der Waals surface area contributed by atoms with Gasteiger partial charge in [0, 0.05) is 12.5 Å². The smallest absolute Gasteiger partial charge is 0.162 e. The van der Waals surface area contributed by atoms with Crippen LogP contribution in [0.1, 0.15) is 27.2 Å². The van der Waals surface area contributed by atoms with Gasteiger partial charge in [-0.25, -0.2) is 0 Å². The van der Waals surface area contributed by atoms with Crippen molar-refractivity contribution in [2.75, 3.05) is 13.2 Å². The Morgan fingerprint density at radius 2 is 2.15 bits per heavy atom. The minimum Gasteiger partial charge on any atom is -0.352 e. The SMILES string of the molecule is CC1CCOC(C(CN)C(C)C)O1. The molecule has 3 heteroatoms. The van der Waals surface area contributed by atoms with Crippen molar-refractivity contribution in [3.63, 3.8) is 0 Å². The summed E-state index contributed by atoms with van der Waals surface area (Å²) in [5.74, 6) is 0.836. The number of hydrogen-bond acceptors (Lipinski definition) is 3. The number of nitrogens with two attached hydrogens (primary N) is 1. The Bertz CT molecular complexity index is 150. The molecule has 78 valence electrons. The van der Waals surface area contributed by atoms with Gasteiger partial charge in [-0.3, -0.25) is 0 Å². The summed E-state index contributed by atoms with van der Waals surface area (Å²) < 4.78 is 11.3. The van der Waals surface area contributed by atoms with Gasteiger partial charge in [-0.15, -0.1) is 0 Å². The molecule has 1 rings (SSSR count). The van der Waals surface area contributed by atoms with Crippen molar-refractivity contribution >= 4 is 0 Å². The molecule has 0 aromatic carbocycles. The molecule has 1 aliphatic rings. The highest BCUT2D eigenvalue weighted by molar-refractivity contribution is 4.71. The van der Waals surface area contributed by atoms with E-state index in [1.54, 1.807) is 0 Å². The van der Waals surface area contributed by atoms with Crippen LogP contribution in [0.25, 0.3) is 0 Å². The summed E-state index contributed by atoms with van der Waals surface area (Å²) in [6.07, 6.45) is 1.21. The molecule has 0 spiro atoms. The molecule has 1 aliphatic heterocycles. The first-order valence-electron chi connectivity index (χ1n) is 5.12. The standard InChI is InChI=1S/C10H21NO2/c1-7(2)9(6-11)10-12-5-4-8(3)13-10/h7-10H,4-6,11H2,1-3H3. The average Bonchev–Trinajstić information content (AvgIpc) is 2.04. The lowest BCUT2D eigenvalue weighted by atomic mass is 9.95. The van der Waals surface area contributed by atoms with Gasteiger partial charge in [0.15, 0.2) is 6.29 Å². The monoisotopic (exact) mass is 187 g/mol. The Hall–Kier alpha value is -0.120. The van der Waals surface area contributed by atoms with Gasteiger partial charge in [0.1, 0.15) is 0 Å². The third-order valence-electron chi connectivity index (χ3n) is 2.65. The van der Waals surface area contributed by atoms with E-state index in [2.05, 4.69) is 20.8 Å². The normalized spacial score (nSPS) is 32.1. The molecule has 0 radical (unpaired) electrons. The molecule has 0 saturated carbocycles. The maximum atomic E-state index is 5.70. The van der Waals surface area contributed by atoms with Gasteiger partial charge in [-0.05, 0) is 19.3 Å². The van der Waals surface area contributed by atoms with Crippen LogP contribution >= 0.6 is 0 Å². The Balaban J connectivity index is 2.47. The molecule has 0 aromatic heterocycles. The molecular formula is C10H21NO2. The third-order valence-corrected chi connectivity index (χ3v) is 2.65. The molecule has 3 atom stereocenters. The van der Waals surface area contributed by atoms with E-state index in [4.69, 9.17) is 15.2 Å². The molecule has 3 nitrogen and oxygen atoms in total. The van der Waals surface area contributed by atoms with E-state index < -0.39 is 0 Å². The van der Waals surface area contributed by atoms with E-state index in [1.165, 1.54) is 0 Å². The van der Waals surface area contributed by atoms with Gasteiger partial charge in [0.05, 0.1) is 12.7 Å². The third kappa shape index (κ3) is 2.93. The van der Waals surface area contributed by atoms with E-state index in [0.29, 0.717) is 24.5 Å². The van der Waals surface area contributed by atoms with Gasteiger partial charge in [-0.2, -0.15) is 0 Å². The van der Waals surface area contributed by atoms with Gasteiger partial charge in [0.25, 0.3) is 0 Å². The molecule has 13 heavy (non-hydrogen) atoms. The van der Waals surface area contributed by atoms with Crippen molar-refractivity contribution in [3.05, 3.63) is 0 Å². The second-order valence-electron chi connectivity index (χ2n) is 4.12. The fourth-order valence-electron chi connectivity index (χ4n) is 1.61. The van der Waals surface area contributed by atoms with Gasteiger partial charge < -0.3 is 15.2 Å². The molecule has 0 amide bonds. The average molecular weight is 187 g/mol. The van der Waals surface area contributed by atoms with Crippen molar-refractivity contribution in [2.45, 2.75) is 39.6 Å². The maximum absolute atomic E-state index is 5.70. The molecular weight excluding hydrogens is 166 g/mol. The van der Waals surface area contributed by atoms with Crippen molar-refractivity contribution in [2.24, 2.45) is 17.6 Å².